The monoisotopic (exact) mass is 296 g/mol. The van der Waals surface area contributed by atoms with Gasteiger partial charge in [-0.05, 0) is 19.1 Å². The fourth-order valence-corrected chi connectivity index (χ4v) is 4.60. The summed E-state index contributed by atoms with van der Waals surface area (Å²) in [7, 11) is 0. The largest absolute Gasteiger partial charge is 0.379 e. The summed E-state index contributed by atoms with van der Waals surface area (Å²) in [6, 6.07) is 0. The maximum Gasteiger partial charge on any atom is 0.0594 e. The minimum absolute atomic E-state index is 0.325. The lowest BCUT2D eigenvalue weighted by molar-refractivity contribution is -0.0134. The summed E-state index contributed by atoms with van der Waals surface area (Å²) >= 11 is 2.08. The molecule has 2 N–H and O–H groups in total. The second-order valence-electron chi connectivity index (χ2n) is 5.75. The Morgan fingerprint density at radius 3 is 3.00 bits per heavy atom. The van der Waals surface area contributed by atoms with Crippen LogP contribution >= 0.6 is 11.8 Å². The van der Waals surface area contributed by atoms with Crippen molar-refractivity contribution in [3.8, 4) is 0 Å². The molecule has 20 heavy (non-hydrogen) atoms. The zero-order valence-electron chi connectivity index (χ0n) is 12.2. The third-order valence-corrected chi connectivity index (χ3v) is 5.70. The zero-order valence-corrected chi connectivity index (χ0v) is 13.0. The number of morpholine rings is 1. The summed E-state index contributed by atoms with van der Waals surface area (Å²) in [4.78, 5) is 2.64. The Kier molecular flexibility index (Phi) is 4.65. The molecular formula is C14H24N4OS. The molecule has 0 aliphatic carbocycles. The Morgan fingerprint density at radius 2 is 2.35 bits per heavy atom. The van der Waals surface area contributed by atoms with Crippen LogP contribution in [-0.2, 0) is 11.3 Å². The first-order valence-corrected chi connectivity index (χ1v) is 8.56. The van der Waals surface area contributed by atoms with Crippen LogP contribution in [0.2, 0.25) is 0 Å². The molecule has 3 rings (SSSR count). The molecule has 2 aliphatic rings. The minimum atomic E-state index is 0.325. The average Bonchev–Trinajstić information content (AvgIpc) is 3.11. The first-order chi connectivity index (χ1) is 9.80. The SMILES string of the molecule is Cc1[nH]ncc1CNC[C@@]1(N2CCOCC2)CCSC1. The van der Waals surface area contributed by atoms with Gasteiger partial charge in [0.2, 0.25) is 0 Å². The number of thioether (sulfide) groups is 1. The summed E-state index contributed by atoms with van der Waals surface area (Å²) in [6.07, 6.45) is 3.21. The molecular weight excluding hydrogens is 272 g/mol. The third-order valence-electron chi connectivity index (χ3n) is 4.47. The van der Waals surface area contributed by atoms with Crippen molar-refractivity contribution in [1.29, 1.82) is 0 Å². The molecule has 2 fully saturated rings. The fourth-order valence-electron chi connectivity index (χ4n) is 3.12. The van der Waals surface area contributed by atoms with Crippen molar-refractivity contribution in [3.05, 3.63) is 17.5 Å². The first-order valence-electron chi connectivity index (χ1n) is 7.40. The van der Waals surface area contributed by atoms with E-state index in [-0.39, 0.29) is 0 Å². The van der Waals surface area contributed by atoms with Crippen molar-refractivity contribution in [3.63, 3.8) is 0 Å². The predicted octanol–water partition coefficient (Wildman–Crippen LogP) is 1.02. The van der Waals surface area contributed by atoms with Crippen LogP contribution in [0.4, 0.5) is 0 Å². The highest BCUT2D eigenvalue weighted by atomic mass is 32.2. The number of nitrogens with zero attached hydrogens (tertiary/aromatic N) is 2. The van der Waals surface area contributed by atoms with E-state index in [1.165, 1.54) is 29.2 Å². The number of nitrogens with one attached hydrogen (secondary N) is 2. The van der Waals surface area contributed by atoms with Gasteiger partial charge in [-0.15, -0.1) is 0 Å². The normalized spacial score (nSPS) is 28.1. The maximum atomic E-state index is 5.50. The van der Waals surface area contributed by atoms with Gasteiger partial charge in [0.15, 0.2) is 0 Å². The van der Waals surface area contributed by atoms with E-state index in [0.29, 0.717) is 5.54 Å². The van der Waals surface area contributed by atoms with Crippen LogP contribution in [0, 0.1) is 6.92 Å². The number of hydrogen-bond donors (Lipinski definition) is 2. The summed E-state index contributed by atoms with van der Waals surface area (Å²) in [5.74, 6) is 2.52. The van der Waals surface area contributed by atoms with Gasteiger partial charge in [0.1, 0.15) is 0 Å². The smallest absolute Gasteiger partial charge is 0.0594 e. The Balaban J connectivity index is 1.58. The van der Waals surface area contributed by atoms with E-state index < -0.39 is 0 Å². The number of H-pyrrole nitrogens is 1. The van der Waals surface area contributed by atoms with Crippen molar-refractivity contribution >= 4 is 11.8 Å². The third kappa shape index (κ3) is 3.03. The van der Waals surface area contributed by atoms with Gasteiger partial charge < -0.3 is 10.1 Å². The minimum Gasteiger partial charge on any atom is -0.379 e. The molecule has 0 saturated carbocycles. The molecule has 6 heteroatoms. The molecule has 0 aromatic carbocycles. The molecule has 0 unspecified atom stereocenters. The summed E-state index contributed by atoms with van der Waals surface area (Å²) in [5.41, 5.74) is 2.76. The molecule has 0 bridgehead atoms. The van der Waals surface area contributed by atoms with E-state index in [2.05, 4.69) is 39.1 Å². The summed E-state index contributed by atoms with van der Waals surface area (Å²) in [5, 5.41) is 10.7. The van der Waals surface area contributed by atoms with Crippen molar-refractivity contribution in [2.24, 2.45) is 0 Å². The van der Waals surface area contributed by atoms with E-state index in [4.69, 9.17) is 4.74 Å². The summed E-state index contributed by atoms with van der Waals surface area (Å²) < 4.78 is 5.50. The molecule has 0 spiro atoms. The highest BCUT2D eigenvalue weighted by Crippen LogP contribution is 2.33. The number of ether oxygens (including phenoxy) is 1. The molecule has 3 heterocycles. The number of aromatic amines is 1. The maximum absolute atomic E-state index is 5.50. The average molecular weight is 296 g/mol. The van der Waals surface area contributed by atoms with Gasteiger partial charge in [0.05, 0.1) is 19.4 Å². The van der Waals surface area contributed by atoms with Crippen LogP contribution in [0.5, 0.6) is 0 Å². The highest BCUT2D eigenvalue weighted by molar-refractivity contribution is 7.99. The molecule has 2 saturated heterocycles. The molecule has 2 aliphatic heterocycles. The van der Waals surface area contributed by atoms with Crippen molar-refractivity contribution in [2.45, 2.75) is 25.4 Å². The van der Waals surface area contributed by atoms with E-state index in [0.717, 1.165) is 39.4 Å². The van der Waals surface area contributed by atoms with Gasteiger partial charge in [0, 0.05) is 48.7 Å². The molecule has 112 valence electrons. The molecule has 1 atom stereocenters. The van der Waals surface area contributed by atoms with Gasteiger partial charge in [0.25, 0.3) is 0 Å². The van der Waals surface area contributed by atoms with E-state index in [1.807, 2.05) is 6.20 Å². The van der Waals surface area contributed by atoms with Crippen molar-refractivity contribution < 1.29 is 4.74 Å². The lowest BCUT2D eigenvalue weighted by Gasteiger charge is -2.43. The first kappa shape index (κ1) is 14.4. The molecule has 0 radical (unpaired) electrons. The lowest BCUT2D eigenvalue weighted by Crippen LogP contribution is -2.58. The Hall–Kier alpha value is -0.560. The standard InChI is InChI=1S/C14H24N4OS/c1-12-13(9-16-17-12)8-15-10-14(2-7-20-11-14)18-3-5-19-6-4-18/h9,15H,2-8,10-11H2,1H3,(H,16,17)/t14-/m0/s1. The molecule has 0 amide bonds. The van der Waals surface area contributed by atoms with Crippen LogP contribution < -0.4 is 5.32 Å². The second-order valence-corrected chi connectivity index (χ2v) is 6.86. The predicted molar refractivity (Wildman–Crippen MR) is 82.1 cm³/mol. The lowest BCUT2D eigenvalue weighted by atomic mass is 9.95. The van der Waals surface area contributed by atoms with Crippen LogP contribution in [-0.4, -0.2) is 65.0 Å². The van der Waals surface area contributed by atoms with Crippen LogP contribution in [0.3, 0.4) is 0 Å². The topological polar surface area (TPSA) is 53.2 Å². The zero-order chi connectivity index (χ0) is 13.8. The van der Waals surface area contributed by atoms with Crippen molar-refractivity contribution in [1.82, 2.24) is 20.4 Å². The summed E-state index contributed by atoms with van der Waals surface area (Å²) in [6.45, 7) is 7.96. The number of rotatable bonds is 5. The Morgan fingerprint density at radius 1 is 1.50 bits per heavy atom. The number of aromatic nitrogens is 2. The highest BCUT2D eigenvalue weighted by Gasteiger charge is 2.40. The van der Waals surface area contributed by atoms with Gasteiger partial charge in [-0.2, -0.15) is 16.9 Å². The van der Waals surface area contributed by atoms with Gasteiger partial charge in [-0.3, -0.25) is 10.00 Å². The van der Waals surface area contributed by atoms with E-state index >= 15 is 0 Å². The Bertz CT molecular complexity index is 425. The van der Waals surface area contributed by atoms with Crippen molar-refractivity contribution in [2.75, 3.05) is 44.4 Å². The fraction of sp³-hybridized carbons (Fsp3) is 0.786. The van der Waals surface area contributed by atoms with Gasteiger partial charge in [-0.25, -0.2) is 0 Å². The molecule has 1 aromatic heterocycles. The van der Waals surface area contributed by atoms with Gasteiger partial charge in [-0.1, -0.05) is 0 Å². The van der Waals surface area contributed by atoms with Crippen LogP contribution in [0.25, 0.3) is 0 Å². The second kappa shape index (κ2) is 6.47. The van der Waals surface area contributed by atoms with E-state index in [9.17, 15) is 0 Å². The molecule has 1 aromatic rings. The number of hydrogen-bond acceptors (Lipinski definition) is 5. The van der Waals surface area contributed by atoms with Crippen LogP contribution in [0.15, 0.2) is 6.20 Å². The quantitative estimate of drug-likeness (QED) is 0.849. The number of aryl methyl sites for hydroxylation is 1. The van der Waals surface area contributed by atoms with Gasteiger partial charge >= 0.3 is 0 Å². The van der Waals surface area contributed by atoms with E-state index in [1.54, 1.807) is 0 Å². The Labute approximate surface area is 124 Å². The molecule has 5 nitrogen and oxygen atoms in total. The van der Waals surface area contributed by atoms with Crippen LogP contribution in [0.1, 0.15) is 17.7 Å².